The van der Waals surface area contributed by atoms with E-state index in [1.165, 1.54) is 10.4 Å². The van der Waals surface area contributed by atoms with Crippen molar-refractivity contribution in [2.45, 2.75) is 50.1 Å². The van der Waals surface area contributed by atoms with Crippen molar-refractivity contribution >= 4 is 16.0 Å². The quantitative estimate of drug-likeness (QED) is 0.754. The highest BCUT2D eigenvalue weighted by atomic mass is 32.2. The number of nitrogens with zero attached hydrogens (tertiary/aromatic N) is 1. The zero-order chi connectivity index (χ0) is 20.5. The van der Waals surface area contributed by atoms with Crippen LogP contribution < -0.4 is 5.32 Å². The Balaban J connectivity index is 1.92. The summed E-state index contributed by atoms with van der Waals surface area (Å²) < 4.78 is 53.1. The number of nitrogens with one attached hydrogen (secondary N) is 1. The van der Waals surface area contributed by atoms with E-state index in [-0.39, 0.29) is 25.1 Å². The topological polar surface area (TPSA) is 84.9 Å². The summed E-state index contributed by atoms with van der Waals surface area (Å²) in [5.74, 6) is -1.04. The number of halogens is 1. The van der Waals surface area contributed by atoms with E-state index < -0.39 is 44.7 Å². The molecule has 7 nitrogen and oxygen atoms in total. The van der Waals surface area contributed by atoms with E-state index >= 15 is 0 Å². The second-order valence-corrected chi connectivity index (χ2v) is 10.2. The highest BCUT2D eigenvalue weighted by Gasteiger charge is 2.49. The van der Waals surface area contributed by atoms with Crippen molar-refractivity contribution in [3.63, 3.8) is 0 Å². The van der Waals surface area contributed by atoms with E-state index in [0.717, 1.165) is 0 Å². The molecule has 1 N–H and O–H groups in total. The van der Waals surface area contributed by atoms with Crippen LogP contribution >= 0.6 is 0 Å². The lowest BCUT2D eigenvalue weighted by Crippen LogP contribution is -2.46. The Morgan fingerprint density at radius 1 is 1.25 bits per heavy atom. The normalized spacial score (nSPS) is 26.9. The van der Waals surface area contributed by atoms with Crippen molar-refractivity contribution in [2.75, 3.05) is 26.3 Å². The Kier molecular flexibility index (Phi) is 6.09. The number of carbonyl (C=O) groups excluding carboxylic acids is 1. The first-order chi connectivity index (χ1) is 13.1. The molecular formula is C19H27FN2O5S. The average molecular weight is 414 g/mol. The molecule has 0 spiro atoms. The molecule has 2 aliphatic heterocycles. The maximum Gasteiger partial charge on any atom is 0.323 e. The minimum atomic E-state index is -3.77. The van der Waals surface area contributed by atoms with Crippen LogP contribution in [0.1, 0.15) is 38.8 Å². The second kappa shape index (κ2) is 8.06. The van der Waals surface area contributed by atoms with Gasteiger partial charge in [-0.3, -0.25) is 10.1 Å². The molecule has 0 amide bonds. The van der Waals surface area contributed by atoms with E-state index in [4.69, 9.17) is 9.47 Å². The number of morpholine rings is 1. The molecule has 2 aliphatic rings. The summed E-state index contributed by atoms with van der Waals surface area (Å²) in [7, 11) is -3.77. The molecule has 0 saturated carbocycles. The summed E-state index contributed by atoms with van der Waals surface area (Å²) in [5, 5.41) is 2.04. The third kappa shape index (κ3) is 4.53. The Morgan fingerprint density at radius 2 is 1.89 bits per heavy atom. The van der Waals surface area contributed by atoms with E-state index in [0.29, 0.717) is 13.2 Å². The molecule has 0 radical (unpaired) electrons. The first-order valence-electron chi connectivity index (χ1n) is 9.39. The fraction of sp³-hybridized carbons (Fsp3) is 0.632. The lowest BCUT2D eigenvalue weighted by atomic mass is 10.0. The van der Waals surface area contributed by atoms with Crippen LogP contribution in [0.25, 0.3) is 0 Å². The molecule has 3 atom stereocenters. The zero-order valence-electron chi connectivity index (χ0n) is 16.4. The van der Waals surface area contributed by atoms with Gasteiger partial charge in [-0.05, 0) is 33.3 Å². The molecule has 3 unspecified atom stereocenters. The Morgan fingerprint density at radius 3 is 2.50 bits per heavy atom. The molecule has 1 aromatic rings. The van der Waals surface area contributed by atoms with Crippen LogP contribution in [0, 0.1) is 5.82 Å². The number of benzene rings is 1. The third-order valence-corrected chi connectivity index (χ3v) is 7.18. The van der Waals surface area contributed by atoms with Gasteiger partial charge in [-0.2, -0.15) is 4.31 Å². The number of sulfonamides is 1. The molecule has 28 heavy (non-hydrogen) atoms. The van der Waals surface area contributed by atoms with Gasteiger partial charge >= 0.3 is 5.97 Å². The van der Waals surface area contributed by atoms with Crippen LogP contribution in [0.4, 0.5) is 4.39 Å². The molecule has 156 valence electrons. The number of ether oxygens (including phenoxy) is 2. The van der Waals surface area contributed by atoms with Crippen LogP contribution in [0.15, 0.2) is 24.3 Å². The van der Waals surface area contributed by atoms with Crippen molar-refractivity contribution in [2.24, 2.45) is 0 Å². The molecule has 9 heteroatoms. The highest BCUT2D eigenvalue weighted by molar-refractivity contribution is 7.89. The van der Waals surface area contributed by atoms with Crippen molar-refractivity contribution in [3.05, 3.63) is 35.6 Å². The van der Waals surface area contributed by atoms with E-state index in [1.54, 1.807) is 39.0 Å². The number of esters is 1. The summed E-state index contributed by atoms with van der Waals surface area (Å²) in [6, 6.07) is 4.36. The van der Waals surface area contributed by atoms with Gasteiger partial charge in [-0.25, -0.2) is 12.8 Å². The predicted molar refractivity (Wildman–Crippen MR) is 102 cm³/mol. The predicted octanol–water partition coefficient (Wildman–Crippen LogP) is 1.60. The van der Waals surface area contributed by atoms with Gasteiger partial charge in [0.1, 0.15) is 17.5 Å². The van der Waals surface area contributed by atoms with Gasteiger partial charge in [0.15, 0.2) is 0 Å². The molecule has 2 heterocycles. The van der Waals surface area contributed by atoms with Gasteiger partial charge < -0.3 is 9.47 Å². The maximum atomic E-state index is 14.5. The maximum absolute atomic E-state index is 14.5. The average Bonchev–Trinajstić information content (AvgIpc) is 3.08. The summed E-state index contributed by atoms with van der Waals surface area (Å²) in [6.07, 6.45) is 0.0214. The lowest BCUT2D eigenvalue weighted by Gasteiger charge is -2.31. The van der Waals surface area contributed by atoms with Gasteiger partial charge in [-0.1, -0.05) is 18.2 Å². The summed E-state index contributed by atoms with van der Waals surface area (Å²) in [4.78, 5) is 12.6. The molecule has 3 rings (SSSR count). The number of hydrogen-bond donors (Lipinski definition) is 1. The largest absolute Gasteiger partial charge is 0.459 e. The second-order valence-electron chi connectivity index (χ2n) is 8.08. The summed E-state index contributed by atoms with van der Waals surface area (Å²) >= 11 is 0. The Hall–Kier alpha value is -1.55. The van der Waals surface area contributed by atoms with Crippen molar-refractivity contribution in [1.82, 2.24) is 9.62 Å². The number of hydrogen-bond acceptors (Lipinski definition) is 6. The number of rotatable bonds is 4. The van der Waals surface area contributed by atoms with Gasteiger partial charge in [0.05, 0.1) is 24.5 Å². The van der Waals surface area contributed by atoms with Crippen molar-refractivity contribution in [1.29, 1.82) is 0 Å². The van der Waals surface area contributed by atoms with Crippen LogP contribution in [0.3, 0.4) is 0 Å². The zero-order valence-corrected chi connectivity index (χ0v) is 17.2. The van der Waals surface area contributed by atoms with Crippen LogP contribution in [-0.4, -0.2) is 61.9 Å². The minimum Gasteiger partial charge on any atom is -0.459 e. The van der Waals surface area contributed by atoms with E-state index in [1.807, 2.05) is 0 Å². The fourth-order valence-corrected chi connectivity index (χ4v) is 5.65. The van der Waals surface area contributed by atoms with Gasteiger partial charge in [0.2, 0.25) is 10.0 Å². The van der Waals surface area contributed by atoms with E-state index in [2.05, 4.69) is 5.32 Å². The Bertz CT molecular complexity index is 818. The van der Waals surface area contributed by atoms with Gasteiger partial charge in [0.25, 0.3) is 0 Å². The first-order valence-corrected chi connectivity index (χ1v) is 10.9. The summed E-state index contributed by atoms with van der Waals surface area (Å²) in [5.41, 5.74) is -0.469. The smallest absolute Gasteiger partial charge is 0.323 e. The van der Waals surface area contributed by atoms with E-state index in [9.17, 15) is 17.6 Å². The van der Waals surface area contributed by atoms with Crippen LogP contribution in [0.5, 0.6) is 0 Å². The molecule has 2 saturated heterocycles. The molecule has 0 aliphatic carbocycles. The third-order valence-electron chi connectivity index (χ3n) is 4.86. The van der Waals surface area contributed by atoms with Crippen molar-refractivity contribution in [3.8, 4) is 0 Å². The van der Waals surface area contributed by atoms with Gasteiger partial charge in [0, 0.05) is 18.7 Å². The first kappa shape index (κ1) is 21.2. The number of carbonyl (C=O) groups is 1. The Labute approximate surface area is 165 Å². The van der Waals surface area contributed by atoms with Crippen molar-refractivity contribution < 1.29 is 27.1 Å². The summed E-state index contributed by atoms with van der Waals surface area (Å²) in [6.45, 7) is 6.38. The van der Waals surface area contributed by atoms with Crippen LogP contribution in [-0.2, 0) is 24.3 Å². The van der Waals surface area contributed by atoms with Gasteiger partial charge in [-0.15, -0.1) is 0 Å². The molecular weight excluding hydrogens is 387 g/mol. The minimum absolute atomic E-state index is 0.0214. The lowest BCUT2D eigenvalue weighted by molar-refractivity contribution is -0.157. The highest BCUT2D eigenvalue weighted by Crippen LogP contribution is 2.36. The fourth-order valence-electron chi connectivity index (χ4n) is 3.60. The molecule has 0 aromatic heterocycles. The van der Waals surface area contributed by atoms with Crippen LogP contribution in [0.2, 0.25) is 0 Å². The molecule has 0 bridgehead atoms. The SMILES string of the molecule is CC(C)(C)OC(=O)C1CC(S(=O)(=O)N2CCOCC2)C(c2ccccc2F)N1. The monoisotopic (exact) mass is 414 g/mol. The standard InChI is InChI=1S/C19H27FN2O5S/c1-19(2,3)27-18(23)15-12-16(28(24,25)22-8-10-26-11-9-22)17(21-15)13-6-4-5-7-14(13)20/h4-7,15-17,21H,8-12H2,1-3H3. The molecule has 1 aromatic carbocycles. The molecule has 2 fully saturated rings.